The van der Waals surface area contributed by atoms with Gasteiger partial charge in [-0.05, 0) is 42.5 Å². The zero-order chi connectivity index (χ0) is 15.9. The van der Waals surface area contributed by atoms with Crippen LogP contribution in [-0.4, -0.2) is 20.1 Å². The number of ether oxygens (including phenoxy) is 2. The zero-order valence-corrected chi connectivity index (χ0v) is 13.1. The van der Waals surface area contributed by atoms with Gasteiger partial charge in [0.2, 0.25) is 5.91 Å². The Balaban J connectivity index is 2.14. The molecule has 2 aromatic carbocycles. The molecule has 1 N–H and O–H groups in total. The molecule has 0 aromatic heterocycles. The summed E-state index contributed by atoms with van der Waals surface area (Å²) in [6.07, 6.45) is 3.08. The van der Waals surface area contributed by atoms with Gasteiger partial charge < -0.3 is 14.8 Å². The fraction of sp³-hybridized carbons (Fsp3) is 0.118. The number of carbonyl (C=O) groups excluding carboxylic acids is 1. The maximum absolute atomic E-state index is 12.0. The molecule has 4 nitrogen and oxygen atoms in total. The van der Waals surface area contributed by atoms with Crippen molar-refractivity contribution in [3.63, 3.8) is 0 Å². The topological polar surface area (TPSA) is 47.6 Å². The van der Waals surface area contributed by atoms with Gasteiger partial charge >= 0.3 is 0 Å². The molecule has 22 heavy (non-hydrogen) atoms. The summed E-state index contributed by atoms with van der Waals surface area (Å²) >= 11 is 5.80. The van der Waals surface area contributed by atoms with Crippen molar-refractivity contribution in [2.75, 3.05) is 19.5 Å². The molecule has 0 atom stereocenters. The van der Waals surface area contributed by atoms with Crippen molar-refractivity contribution in [1.82, 2.24) is 0 Å². The zero-order valence-electron chi connectivity index (χ0n) is 12.3. The predicted octanol–water partition coefficient (Wildman–Crippen LogP) is 4.01. The molecule has 0 saturated carbocycles. The van der Waals surface area contributed by atoms with Crippen LogP contribution in [0.1, 0.15) is 5.56 Å². The number of carbonyl (C=O) groups is 1. The molecule has 2 aromatic rings. The highest BCUT2D eigenvalue weighted by Gasteiger charge is 2.07. The molecule has 0 radical (unpaired) electrons. The first kappa shape index (κ1) is 15.9. The summed E-state index contributed by atoms with van der Waals surface area (Å²) in [5, 5.41) is 3.37. The number of benzene rings is 2. The van der Waals surface area contributed by atoms with Crippen LogP contribution in [-0.2, 0) is 4.79 Å². The lowest BCUT2D eigenvalue weighted by atomic mass is 10.1. The van der Waals surface area contributed by atoms with E-state index in [1.54, 1.807) is 56.7 Å². The Morgan fingerprint density at radius 1 is 1.05 bits per heavy atom. The molecular formula is C17H16ClNO3. The highest BCUT2D eigenvalue weighted by Crippen LogP contribution is 2.29. The smallest absolute Gasteiger partial charge is 0.248 e. The minimum atomic E-state index is -0.254. The summed E-state index contributed by atoms with van der Waals surface area (Å²) < 4.78 is 10.5. The molecule has 0 saturated heterocycles. The molecule has 5 heteroatoms. The number of amides is 1. The molecule has 0 spiro atoms. The van der Waals surface area contributed by atoms with E-state index in [0.29, 0.717) is 27.8 Å². The van der Waals surface area contributed by atoms with Gasteiger partial charge in [0.05, 0.1) is 19.8 Å². The van der Waals surface area contributed by atoms with E-state index in [2.05, 4.69) is 5.32 Å². The van der Waals surface area contributed by atoms with Crippen molar-refractivity contribution in [3.8, 4) is 11.5 Å². The number of hydrogen-bond donors (Lipinski definition) is 1. The molecule has 0 bridgehead atoms. The van der Waals surface area contributed by atoms with E-state index in [9.17, 15) is 4.79 Å². The first-order valence-electron chi connectivity index (χ1n) is 6.59. The molecular weight excluding hydrogens is 302 g/mol. The predicted molar refractivity (Wildman–Crippen MR) is 88.7 cm³/mol. The average molecular weight is 318 g/mol. The lowest BCUT2D eigenvalue weighted by Gasteiger charge is -2.09. The third-order valence-electron chi connectivity index (χ3n) is 2.98. The Morgan fingerprint density at radius 2 is 1.64 bits per heavy atom. The van der Waals surface area contributed by atoms with E-state index in [4.69, 9.17) is 21.1 Å². The number of nitrogens with one attached hydrogen (secondary N) is 1. The number of methoxy groups -OCH3 is 2. The highest BCUT2D eigenvalue weighted by atomic mass is 35.5. The standard InChI is InChI=1S/C17H16ClNO3/c1-21-15-4-3-5-16(22-2)14(15)10-11-17(20)19-13-8-6-12(18)7-9-13/h3-11H,1-2H3,(H,19,20). The lowest BCUT2D eigenvalue weighted by molar-refractivity contribution is -0.111. The summed E-state index contributed by atoms with van der Waals surface area (Å²) in [4.78, 5) is 12.0. The van der Waals surface area contributed by atoms with Gasteiger partial charge in [-0.1, -0.05) is 17.7 Å². The fourth-order valence-electron chi connectivity index (χ4n) is 1.92. The van der Waals surface area contributed by atoms with Gasteiger partial charge in [0.25, 0.3) is 0 Å². The fourth-order valence-corrected chi connectivity index (χ4v) is 2.05. The molecule has 0 aliphatic carbocycles. The van der Waals surface area contributed by atoms with Crippen LogP contribution in [0.2, 0.25) is 5.02 Å². The van der Waals surface area contributed by atoms with Gasteiger partial charge in [-0.15, -0.1) is 0 Å². The quantitative estimate of drug-likeness (QED) is 0.848. The minimum absolute atomic E-state index is 0.254. The third kappa shape index (κ3) is 4.02. The molecule has 0 fully saturated rings. The number of rotatable bonds is 5. The van der Waals surface area contributed by atoms with Crippen molar-refractivity contribution in [1.29, 1.82) is 0 Å². The van der Waals surface area contributed by atoms with E-state index in [1.807, 2.05) is 6.07 Å². The number of halogens is 1. The van der Waals surface area contributed by atoms with Crippen LogP contribution in [0, 0.1) is 0 Å². The Bertz CT molecular complexity index is 659. The second-order valence-corrected chi connectivity index (χ2v) is 4.84. The minimum Gasteiger partial charge on any atom is -0.496 e. The molecule has 1 amide bonds. The summed E-state index contributed by atoms with van der Waals surface area (Å²) in [6, 6.07) is 12.3. The maximum atomic E-state index is 12.0. The number of anilines is 1. The van der Waals surface area contributed by atoms with Crippen molar-refractivity contribution in [2.45, 2.75) is 0 Å². The van der Waals surface area contributed by atoms with Crippen molar-refractivity contribution in [2.24, 2.45) is 0 Å². The monoisotopic (exact) mass is 317 g/mol. The largest absolute Gasteiger partial charge is 0.496 e. The van der Waals surface area contributed by atoms with Gasteiger partial charge in [0.15, 0.2) is 0 Å². The van der Waals surface area contributed by atoms with Gasteiger partial charge in [0, 0.05) is 16.8 Å². The van der Waals surface area contributed by atoms with Gasteiger partial charge in [0.1, 0.15) is 11.5 Å². The van der Waals surface area contributed by atoms with Crippen LogP contribution in [0.5, 0.6) is 11.5 Å². The van der Waals surface area contributed by atoms with Crippen LogP contribution in [0.15, 0.2) is 48.5 Å². The molecule has 2 rings (SSSR count). The van der Waals surface area contributed by atoms with E-state index in [0.717, 1.165) is 0 Å². The lowest BCUT2D eigenvalue weighted by Crippen LogP contribution is -2.07. The van der Waals surface area contributed by atoms with Crippen LogP contribution < -0.4 is 14.8 Å². The van der Waals surface area contributed by atoms with Crippen molar-refractivity contribution < 1.29 is 14.3 Å². The normalized spacial score (nSPS) is 10.5. The van der Waals surface area contributed by atoms with Crippen LogP contribution >= 0.6 is 11.6 Å². The summed E-state index contributed by atoms with van der Waals surface area (Å²) in [7, 11) is 3.14. The Morgan fingerprint density at radius 3 is 2.18 bits per heavy atom. The van der Waals surface area contributed by atoms with Crippen LogP contribution in [0.4, 0.5) is 5.69 Å². The van der Waals surface area contributed by atoms with E-state index in [1.165, 1.54) is 6.08 Å². The molecule has 0 aliphatic heterocycles. The summed E-state index contributed by atoms with van der Waals surface area (Å²) in [5.41, 5.74) is 1.38. The summed E-state index contributed by atoms with van der Waals surface area (Å²) in [6.45, 7) is 0. The first-order chi connectivity index (χ1) is 10.6. The van der Waals surface area contributed by atoms with E-state index in [-0.39, 0.29) is 5.91 Å². The molecule has 0 aliphatic rings. The SMILES string of the molecule is COc1cccc(OC)c1C=CC(=O)Nc1ccc(Cl)cc1. The van der Waals surface area contributed by atoms with Gasteiger partial charge in [-0.2, -0.15) is 0 Å². The molecule has 114 valence electrons. The third-order valence-corrected chi connectivity index (χ3v) is 3.23. The molecule has 0 heterocycles. The first-order valence-corrected chi connectivity index (χ1v) is 6.97. The Labute approximate surface area is 134 Å². The Kier molecular flexibility index (Phi) is 5.44. The number of hydrogen-bond acceptors (Lipinski definition) is 3. The second kappa shape index (κ2) is 7.52. The summed E-state index contributed by atoms with van der Waals surface area (Å²) in [5.74, 6) is 1.01. The average Bonchev–Trinajstić information content (AvgIpc) is 2.54. The molecule has 0 unspecified atom stereocenters. The maximum Gasteiger partial charge on any atom is 0.248 e. The van der Waals surface area contributed by atoms with Crippen molar-refractivity contribution >= 4 is 29.3 Å². The second-order valence-electron chi connectivity index (χ2n) is 4.41. The van der Waals surface area contributed by atoms with Gasteiger partial charge in [-0.25, -0.2) is 0 Å². The van der Waals surface area contributed by atoms with E-state index >= 15 is 0 Å². The van der Waals surface area contributed by atoms with Crippen molar-refractivity contribution in [3.05, 3.63) is 59.1 Å². The van der Waals surface area contributed by atoms with Crippen LogP contribution in [0.25, 0.3) is 6.08 Å². The highest BCUT2D eigenvalue weighted by molar-refractivity contribution is 6.30. The van der Waals surface area contributed by atoms with E-state index < -0.39 is 0 Å². The van der Waals surface area contributed by atoms with Crippen LogP contribution in [0.3, 0.4) is 0 Å². The van der Waals surface area contributed by atoms with Gasteiger partial charge in [-0.3, -0.25) is 4.79 Å². The Hall–Kier alpha value is -2.46.